The minimum atomic E-state index is -0.568. The third-order valence-electron chi connectivity index (χ3n) is 11.6. The molecule has 0 aromatic heterocycles. The van der Waals surface area contributed by atoms with Crippen LogP contribution in [-0.2, 0) is 10.8 Å². The second-order valence-corrected chi connectivity index (χ2v) is 17.2. The van der Waals surface area contributed by atoms with Gasteiger partial charge in [-0.15, -0.1) is 0 Å². The van der Waals surface area contributed by atoms with E-state index in [9.17, 15) is 0 Å². The third kappa shape index (κ3) is 5.77. The summed E-state index contributed by atoms with van der Waals surface area (Å²) in [4.78, 5) is 0. The minimum absolute atomic E-state index is 0.459. The molecule has 0 atom stereocenters. The maximum atomic E-state index is 6.48. The molecule has 0 saturated heterocycles. The minimum Gasteiger partial charge on any atom is -0.398 e. The van der Waals surface area contributed by atoms with Crippen LogP contribution in [-0.4, -0.2) is 0 Å². The molecule has 0 spiro atoms. The van der Waals surface area contributed by atoms with Crippen molar-refractivity contribution in [2.45, 2.75) is 10.8 Å². The summed E-state index contributed by atoms with van der Waals surface area (Å²) in [6, 6.07) is 58.4. The predicted octanol–water partition coefficient (Wildman–Crippen LogP) is 13.3. The zero-order chi connectivity index (χ0) is 40.3. The van der Waals surface area contributed by atoms with Crippen LogP contribution in [0.5, 0.6) is 0 Å². The lowest BCUT2D eigenvalue weighted by Gasteiger charge is -2.34. The standard InChI is InChI=1S/C25H18Br2N2.C25H18Cl2N2/c2*26-21-13-15(9-11-23(21)28)25(16-10-12-24(29)22(27)14-16)19-7-3-1-5-17(19)18-6-2-4-8-20(18)25/h2*1-14H,28-29H2. The molecule has 4 nitrogen and oxygen atoms in total. The van der Waals surface area contributed by atoms with E-state index in [2.05, 4.69) is 153 Å². The molecule has 8 heteroatoms. The Bertz CT molecular complexity index is 2530. The highest BCUT2D eigenvalue weighted by Gasteiger charge is 2.47. The van der Waals surface area contributed by atoms with Crippen molar-refractivity contribution in [1.29, 1.82) is 0 Å². The van der Waals surface area contributed by atoms with E-state index in [4.69, 9.17) is 46.1 Å². The van der Waals surface area contributed by atoms with Gasteiger partial charge in [-0.3, -0.25) is 0 Å². The summed E-state index contributed by atoms with van der Waals surface area (Å²) in [5, 5.41) is 1.07. The lowest BCUT2D eigenvalue weighted by atomic mass is 9.67. The van der Waals surface area contributed by atoms with Gasteiger partial charge in [0.1, 0.15) is 0 Å². The Hall–Kier alpha value is -5.50. The fraction of sp³-hybridized carbons (Fsp3) is 0.0400. The van der Waals surface area contributed by atoms with Crippen molar-refractivity contribution < 1.29 is 0 Å². The van der Waals surface area contributed by atoms with Gasteiger partial charge in [0, 0.05) is 20.3 Å². The number of hydrogen-bond acceptors (Lipinski definition) is 4. The number of nitrogens with two attached hydrogens (primary N) is 4. The van der Waals surface area contributed by atoms with Crippen molar-refractivity contribution in [3.8, 4) is 22.3 Å². The maximum absolute atomic E-state index is 6.48. The van der Waals surface area contributed by atoms with E-state index in [1.807, 2.05) is 48.5 Å². The molecule has 0 amide bonds. The van der Waals surface area contributed by atoms with Gasteiger partial charge in [-0.25, -0.2) is 0 Å². The van der Waals surface area contributed by atoms with Crippen molar-refractivity contribution in [2.75, 3.05) is 22.9 Å². The highest BCUT2D eigenvalue weighted by molar-refractivity contribution is 9.11. The number of anilines is 4. The molecule has 8 aromatic carbocycles. The predicted molar refractivity (Wildman–Crippen MR) is 251 cm³/mol. The first kappa shape index (κ1) is 38.0. The first-order chi connectivity index (χ1) is 28.1. The zero-order valence-electron chi connectivity index (χ0n) is 31.0. The quantitative estimate of drug-likeness (QED) is 0.132. The highest BCUT2D eigenvalue weighted by atomic mass is 79.9. The van der Waals surface area contributed by atoms with Crippen LogP contribution >= 0.6 is 55.1 Å². The molecule has 0 saturated carbocycles. The number of fused-ring (bicyclic) bond motifs is 6. The van der Waals surface area contributed by atoms with Crippen LogP contribution in [0.4, 0.5) is 22.7 Å². The number of nitrogen functional groups attached to an aromatic ring is 4. The number of rotatable bonds is 4. The monoisotopic (exact) mass is 920 g/mol. The normalized spacial score (nSPS) is 13.7. The Morgan fingerprint density at radius 2 is 0.586 bits per heavy atom. The van der Waals surface area contributed by atoms with Gasteiger partial charge in [-0.2, -0.15) is 0 Å². The van der Waals surface area contributed by atoms with Gasteiger partial charge in [0.05, 0.1) is 32.3 Å². The lowest BCUT2D eigenvalue weighted by Crippen LogP contribution is -2.28. The van der Waals surface area contributed by atoms with Crippen LogP contribution in [0.1, 0.15) is 44.5 Å². The molecule has 8 N–H and O–H groups in total. The van der Waals surface area contributed by atoms with Gasteiger partial charge in [-0.1, -0.05) is 145 Å². The van der Waals surface area contributed by atoms with E-state index >= 15 is 0 Å². The van der Waals surface area contributed by atoms with E-state index in [1.54, 1.807) is 0 Å². The molecule has 2 aliphatic carbocycles. The van der Waals surface area contributed by atoms with Crippen molar-refractivity contribution >= 4 is 77.8 Å². The van der Waals surface area contributed by atoms with Crippen molar-refractivity contribution in [2.24, 2.45) is 0 Å². The van der Waals surface area contributed by atoms with E-state index in [1.165, 1.54) is 44.5 Å². The molecule has 0 bridgehead atoms. The zero-order valence-corrected chi connectivity index (χ0v) is 35.7. The Morgan fingerprint density at radius 1 is 0.328 bits per heavy atom. The van der Waals surface area contributed by atoms with Gasteiger partial charge in [0.25, 0.3) is 0 Å². The highest BCUT2D eigenvalue weighted by Crippen LogP contribution is 2.58. The molecule has 0 radical (unpaired) electrons. The fourth-order valence-electron chi connectivity index (χ4n) is 9.09. The molecule has 58 heavy (non-hydrogen) atoms. The largest absolute Gasteiger partial charge is 0.398 e. The van der Waals surface area contributed by atoms with Gasteiger partial charge in [0.15, 0.2) is 0 Å². The number of halogens is 4. The van der Waals surface area contributed by atoms with E-state index in [-0.39, 0.29) is 0 Å². The average molecular weight is 924 g/mol. The van der Waals surface area contributed by atoms with Crippen molar-refractivity contribution in [3.05, 3.63) is 233 Å². The first-order valence-corrected chi connectivity index (χ1v) is 21.0. The smallest absolute Gasteiger partial charge is 0.0714 e. The topological polar surface area (TPSA) is 104 Å². The van der Waals surface area contributed by atoms with Crippen molar-refractivity contribution in [3.63, 3.8) is 0 Å². The summed E-state index contributed by atoms with van der Waals surface area (Å²) in [7, 11) is 0. The summed E-state index contributed by atoms with van der Waals surface area (Å²) in [6.07, 6.45) is 0. The number of hydrogen-bond donors (Lipinski definition) is 4. The Kier molecular flexibility index (Phi) is 9.65. The summed E-state index contributed by atoms with van der Waals surface area (Å²) in [6.45, 7) is 0. The van der Waals surface area contributed by atoms with Crippen LogP contribution < -0.4 is 22.9 Å². The van der Waals surface area contributed by atoms with Crippen LogP contribution in [0.2, 0.25) is 10.0 Å². The lowest BCUT2D eigenvalue weighted by molar-refractivity contribution is 0.767. The van der Waals surface area contributed by atoms with Gasteiger partial charge in [0.2, 0.25) is 0 Å². The molecule has 8 aromatic rings. The maximum Gasteiger partial charge on any atom is 0.0714 e. The molecule has 0 unspecified atom stereocenters. The summed E-state index contributed by atoms with van der Waals surface area (Å²) >= 11 is 20.2. The summed E-state index contributed by atoms with van der Waals surface area (Å²) in [5.74, 6) is 0. The molecule has 0 heterocycles. The summed E-state index contributed by atoms with van der Waals surface area (Å²) < 4.78 is 1.79. The van der Waals surface area contributed by atoms with E-state index < -0.39 is 10.8 Å². The third-order valence-corrected chi connectivity index (χ3v) is 13.7. The molecule has 2 aliphatic rings. The molecule has 0 fully saturated rings. The Labute approximate surface area is 364 Å². The molecular weight excluding hydrogens is 887 g/mol. The second-order valence-electron chi connectivity index (χ2n) is 14.6. The van der Waals surface area contributed by atoms with Crippen LogP contribution in [0.3, 0.4) is 0 Å². The summed E-state index contributed by atoms with van der Waals surface area (Å²) in [5.41, 5.74) is 40.0. The molecular formula is C50H36Br2Cl2N4. The average Bonchev–Trinajstić information content (AvgIpc) is 3.71. The molecule has 0 aliphatic heterocycles. The number of benzene rings is 8. The van der Waals surface area contributed by atoms with Gasteiger partial charge < -0.3 is 22.9 Å². The van der Waals surface area contributed by atoms with E-state index in [0.29, 0.717) is 21.4 Å². The van der Waals surface area contributed by atoms with Gasteiger partial charge in [-0.05, 0) is 147 Å². The van der Waals surface area contributed by atoms with Crippen molar-refractivity contribution in [1.82, 2.24) is 0 Å². The molecule has 10 rings (SSSR count). The van der Waals surface area contributed by atoms with Crippen LogP contribution in [0, 0.1) is 0 Å². The van der Waals surface area contributed by atoms with E-state index in [0.717, 1.165) is 42.6 Å². The second kappa shape index (κ2) is 14.7. The fourth-order valence-corrected chi connectivity index (χ4v) is 10.2. The van der Waals surface area contributed by atoms with Gasteiger partial charge >= 0.3 is 0 Å². The molecule has 284 valence electrons. The van der Waals surface area contributed by atoms with Crippen LogP contribution in [0.25, 0.3) is 22.3 Å². The first-order valence-electron chi connectivity index (χ1n) is 18.7. The SMILES string of the molecule is Nc1ccc(C2(c3ccc(N)c(Br)c3)c3ccccc3-c3ccccc32)cc1Br.Nc1ccc(C2(c3ccc(N)c(Cl)c3)c3ccccc3-c3ccccc32)cc1Cl. The van der Waals surface area contributed by atoms with Crippen LogP contribution in [0.15, 0.2) is 179 Å². The Morgan fingerprint density at radius 3 is 0.862 bits per heavy atom. The Balaban J connectivity index is 0.000000150.